The third-order valence-electron chi connectivity index (χ3n) is 2.53. The summed E-state index contributed by atoms with van der Waals surface area (Å²) in [6.07, 6.45) is -0.340. The van der Waals surface area contributed by atoms with Crippen LogP contribution in [0.1, 0.15) is 46.5 Å². The van der Waals surface area contributed by atoms with E-state index < -0.39 is 19.3 Å². The van der Waals surface area contributed by atoms with E-state index >= 15 is 0 Å². The molecular weight excluding hydrogens is 296 g/mol. The molecule has 0 rings (SSSR count). The van der Waals surface area contributed by atoms with Crippen LogP contribution in [0.5, 0.6) is 0 Å². The largest absolute Gasteiger partial charge is 0.412 e. The van der Waals surface area contributed by atoms with Crippen molar-refractivity contribution in [1.82, 2.24) is 0 Å². The van der Waals surface area contributed by atoms with E-state index in [2.05, 4.69) is 0 Å². The van der Waals surface area contributed by atoms with Gasteiger partial charge in [0.2, 0.25) is 0 Å². The molecule has 0 saturated heterocycles. The van der Waals surface area contributed by atoms with Crippen molar-refractivity contribution >= 4 is 18.3 Å². The molecular formula is C12H24F3O2PS. The second-order valence-electron chi connectivity index (χ2n) is 4.76. The quantitative estimate of drug-likeness (QED) is 0.411. The molecule has 0 aliphatic carbocycles. The number of halogens is 3. The Labute approximate surface area is 119 Å². The minimum absolute atomic E-state index is 0.227. The van der Waals surface area contributed by atoms with Crippen LogP contribution in [0.4, 0.5) is 13.2 Å². The summed E-state index contributed by atoms with van der Waals surface area (Å²) in [5.41, 5.74) is 0. The minimum atomic E-state index is -4.35. The van der Waals surface area contributed by atoms with E-state index in [-0.39, 0.29) is 5.92 Å². The van der Waals surface area contributed by atoms with E-state index in [9.17, 15) is 13.2 Å². The lowest BCUT2D eigenvalue weighted by molar-refractivity contribution is -0.153. The fraction of sp³-hybridized carbons (Fsp3) is 1.00. The lowest BCUT2D eigenvalue weighted by Crippen LogP contribution is -2.18. The van der Waals surface area contributed by atoms with Crippen LogP contribution in [0.3, 0.4) is 0 Å². The van der Waals surface area contributed by atoms with Crippen molar-refractivity contribution in [3.8, 4) is 0 Å². The van der Waals surface area contributed by atoms with Crippen LogP contribution in [-0.4, -0.2) is 25.6 Å². The van der Waals surface area contributed by atoms with Crippen LogP contribution in [-0.2, 0) is 20.9 Å². The zero-order valence-corrected chi connectivity index (χ0v) is 13.5. The lowest BCUT2D eigenvalue weighted by atomic mass is 10.1. The fourth-order valence-electron chi connectivity index (χ4n) is 1.63. The predicted octanol–water partition coefficient (Wildman–Crippen LogP) is 5.13. The highest BCUT2D eigenvalue weighted by atomic mass is 32.5. The molecule has 0 aliphatic rings. The van der Waals surface area contributed by atoms with E-state index in [1.165, 1.54) is 0 Å². The van der Waals surface area contributed by atoms with Gasteiger partial charge in [0, 0.05) is 6.16 Å². The van der Waals surface area contributed by atoms with Crippen LogP contribution in [0.25, 0.3) is 0 Å². The van der Waals surface area contributed by atoms with Crippen LogP contribution in [0, 0.1) is 5.92 Å². The zero-order valence-electron chi connectivity index (χ0n) is 11.8. The van der Waals surface area contributed by atoms with Crippen molar-refractivity contribution in [1.29, 1.82) is 0 Å². The summed E-state index contributed by atoms with van der Waals surface area (Å²) in [4.78, 5) is 0. The van der Waals surface area contributed by atoms with Gasteiger partial charge in [-0.1, -0.05) is 40.0 Å². The summed E-state index contributed by atoms with van der Waals surface area (Å²) in [6.45, 7) is 2.25. The maximum absolute atomic E-state index is 12.3. The van der Waals surface area contributed by atoms with Crippen molar-refractivity contribution in [3.05, 3.63) is 0 Å². The van der Waals surface area contributed by atoms with Gasteiger partial charge in [-0.25, -0.2) is 0 Å². The highest BCUT2D eigenvalue weighted by molar-refractivity contribution is 8.09. The number of alkyl halides is 3. The Morgan fingerprint density at radius 3 is 2.26 bits per heavy atom. The number of unbranched alkanes of at least 4 members (excludes halogenated alkanes) is 1. The highest BCUT2D eigenvalue weighted by Gasteiger charge is 2.32. The first-order chi connectivity index (χ1) is 8.72. The van der Waals surface area contributed by atoms with Gasteiger partial charge < -0.3 is 9.05 Å². The third-order valence-corrected chi connectivity index (χ3v) is 5.78. The molecule has 0 spiro atoms. The lowest BCUT2D eigenvalue weighted by Gasteiger charge is -2.25. The topological polar surface area (TPSA) is 18.5 Å². The monoisotopic (exact) mass is 320 g/mol. The van der Waals surface area contributed by atoms with Gasteiger partial charge in [0.25, 0.3) is 0 Å². The second kappa shape index (κ2) is 9.32. The maximum Gasteiger partial charge on any atom is 0.412 e. The molecule has 116 valence electrons. The summed E-state index contributed by atoms with van der Waals surface area (Å²) in [6, 6.07) is 0. The van der Waals surface area contributed by atoms with Crippen molar-refractivity contribution in [2.75, 3.05) is 19.4 Å². The molecule has 0 saturated carbocycles. The van der Waals surface area contributed by atoms with Crippen LogP contribution < -0.4 is 0 Å². The molecule has 2 nitrogen and oxygen atoms in total. The summed E-state index contributed by atoms with van der Waals surface area (Å²) >= 11 is 5.24. The molecule has 0 bridgehead atoms. The predicted molar refractivity (Wildman–Crippen MR) is 76.1 cm³/mol. The summed E-state index contributed by atoms with van der Waals surface area (Å²) in [7, 11) is 0. The molecule has 0 aromatic rings. The normalized spacial score (nSPS) is 17.2. The maximum atomic E-state index is 12.3. The Morgan fingerprint density at radius 2 is 1.79 bits per heavy atom. The first-order valence-corrected chi connectivity index (χ1v) is 9.49. The Kier molecular flexibility index (Phi) is 9.50. The molecule has 0 amide bonds. The molecule has 0 heterocycles. The van der Waals surface area contributed by atoms with Crippen LogP contribution >= 0.6 is 6.49 Å². The molecule has 0 radical (unpaired) electrons. The highest BCUT2D eigenvalue weighted by Crippen LogP contribution is 2.51. The van der Waals surface area contributed by atoms with Gasteiger partial charge in [0.05, 0.1) is 6.61 Å². The van der Waals surface area contributed by atoms with Crippen molar-refractivity contribution < 1.29 is 22.2 Å². The molecule has 2 unspecified atom stereocenters. The molecule has 0 fully saturated rings. The van der Waals surface area contributed by atoms with Crippen molar-refractivity contribution in [2.24, 2.45) is 5.92 Å². The number of rotatable bonds is 10. The van der Waals surface area contributed by atoms with Gasteiger partial charge in [-0.05, 0) is 24.1 Å². The van der Waals surface area contributed by atoms with E-state index in [0.29, 0.717) is 12.8 Å². The van der Waals surface area contributed by atoms with Gasteiger partial charge in [0.1, 0.15) is 6.61 Å². The number of hydrogen-bond acceptors (Lipinski definition) is 3. The average Bonchev–Trinajstić information content (AvgIpc) is 2.26. The van der Waals surface area contributed by atoms with E-state index in [4.69, 9.17) is 20.9 Å². The Hall–Kier alpha value is 0.360. The van der Waals surface area contributed by atoms with E-state index in [0.717, 1.165) is 25.7 Å². The van der Waals surface area contributed by atoms with Gasteiger partial charge in [-0.15, -0.1) is 0 Å². The first-order valence-electron chi connectivity index (χ1n) is 6.67. The standard InChI is InChI=1S/C12H24F3O2PS/c1-4-6-8-16-18(19,9-11(3)7-5-2)17-10-12(13,14)15/h11H,4-10H2,1-3H3. The first kappa shape index (κ1) is 19.4. The minimum Gasteiger partial charge on any atom is -0.329 e. The van der Waals surface area contributed by atoms with Crippen LogP contribution in [0.15, 0.2) is 0 Å². The fourth-order valence-corrected chi connectivity index (χ4v) is 4.75. The Bertz CT molecular complexity index is 285. The molecule has 0 aromatic carbocycles. The van der Waals surface area contributed by atoms with E-state index in [1.54, 1.807) is 0 Å². The van der Waals surface area contributed by atoms with Crippen molar-refractivity contribution in [2.45, 2.75) is 52.6 Å². The van der Waals surface area contributed by atoms with E-state index in [1.807, 2.05) is 20.8 Å². The Balaban J connectivity index is 4.48. The summed E-state index contributed by atoms with van der Waals surface area (Å²) in [5.74, 6) is 0.227. The smallest absolute Gasteiger partial charge is 0.329 e. The molecule has 19 heavy (non-hydrogen) atoms. The molecule has 0 aromatic heterocycles. The van der Waals surface area contributed by atoms with Gasteiger partial charge >= 0.3 is 6.18 Å². The summed E-state index contributed by atoms with van der Waals surface area (Å²) < 4.78 is 47.2. The average molecular weight is 320 g/mol. The van der Waals surface area contributed by atoms with Gasteiger partial charge in [-0.3, -0.25) is 0 Å². The molecule has 7 heteroatoms. The molecule has 0 N–H and O–H groups in total. The number of hydrogen-bond donors (Lipinski definition) is 0. The SMILES string of the molecule is CCCCOP(=S)(CC(C)CCC)OCC(F)(F)F. The van der Waals surface area contributed by atoms with Crippen molar-refractivity contribution in [3.63, 3.8) is 0 Å². The Morgan fingerprint density at radius 1 is 1.16 bits per heavy atom. The second-order valence-corrected chi connectivity index (χ2v) is 8.54. The molecule has 0 aliphatic heterocycles. The zero-order chi connectivity index (χ0) is 14.9. The van der Waals surface area contributed by atoms with Gasteiger partial charge in [-0.2, -0.15) is 13.2 Å². The third kappa shape index (κ3) is 10.8. The van der Waals surface area contributed by atoms with Gasteiger partial charge in [0.15, 0.2) is 6.49 Å². The summed E-state index contributed by atoms with van der Waals surface area (Å²) in [5, 5.41) is 0. The van der Waals surface area contributed by atoms with Crippen LogP contribution in [0.2, 0.25) is 0 Å². The molecule has 2 atom stereocenters.